The Kier molecular flexibility index (Phi) is 8.12. The minimum atomic E-state index is -0.193. The molecule has 1 aliphatic carbocycles. The van der Waals surface area contributed by atoms with Gasteiger partial charge in [-0.25, -0.2) is 4.39 Å². The minimum Gasteiger partial charge on any atom is -0.361 e. The molecule has 0 radical (unpaired) electrons. The predicted molar refractivity (Wildman–Crippen MR) is 154 cm³/mol. The number of nitrogens with one attached hydrogen (secondary N) is 2. The molecule has 3 aliphatic rings. The summed E-state index contributed by atoms with van der Waals surface area (Å²) in [5.41, 5.74) is 1.15. The standard InChI is InChI=1S/C29H41FN6S/c1-21-12-17-35(18-13-21)25-19-26(36-16-6-3-7-22(36)2)33-27(32-25)34-28(37)31-20-29(14-4-5-15-29)23-8-10-24(30)11-9-23/h8-11,19,21-22H,3-7,12-18,20H2,1-2H3,(H2,31,32,33,34,37)/t22-/m0/s1. The Hall–Kier alpha value is -2.48. The van der Waals surface area contributed by atoms with Crippen molar-refractivity contribution < 1.29 is 4.39 Å². The third-order valence-corrected chi connectivity index (χ3v) is 8.98. The van der Waals surface area contributed by atoms with Crippen LogP contribution in [0.4, 0.5) is 22.0 Å². The zero-order valence-electron chi connectivity index (χ0n) is 22.3. The molecule has 0 unspecified atom stereocenters. The van der Waals surface area contributed by atoms with Crippen LogP contribution in [0.5, 0.6) is 0 Å². The summed E-state index contributed by atoms with van der Waals surface area (Å²) in [6.45, 7) is 8.41. The number of anilines is 3. The van der Waals surface area contributed by atoms with Gasteiger partial charge in [0.1, 0.15) is 17.5 Å². The first-order valence-electron chi connectivity index (χ1n) is 14.1. The van der Waals surface area contributed by atoms with Crippen LogP contribution in [0.3, 0.4) is 0 Å². The first kappa shape index (κ1) is 26.1. The summed E-state index contributed by atoms with van der Waals surface area (Å²) in [6, 6.07) is 9.62. The quantitative estimate of drug-likeness (QED) is 0.448. The second-order valence-electron chi connectivity index (χ2n) is 11.4. The average Bonchev–Trinajstić information content (AvgIpc) is 3.39. The van der Waals surface area contributed by atoms with Crippen molar-refractivity contribution in [3.8, 4) is 0 Å². The smallest absolute Gasteiger partial charge is 0.232 e. The highest BCUT2D eigenvalue weighted by atomic mass is 32.1. The van der Waals surface area contributed by atoms with Gasteiger partial charge in [-0.15, -0.1) is 0 Å². The SMILES string of the molecule is CC1CCN(c2cc(N3CCCC[C@@H]3C)nc(NC(=S)NCC3(c4ccc(F)cc4)CCCC3)n2)CC1. The van der Waals surface area contributed by atoms with E-state index < -0.39 is 0 Å². The van der Waals surface area contributed by atoms with Gasteiger partial charge in [0.2, 0.25) is 5.95 Å². The van der Waals surface area contributed by atoms with Gasteiger partial charge in [0.25, 0.3) is 0 Å². The molecule has 2 N–H and O–H groups in total. The maximum Gasteiger partial charge on any atom is 0.232 e. The monoisotopic (exact) mass is 524 g/mol. The lowest BCUT2D eigenvalue weighted by Gasteiger charge is -2.36. The molecule has 1 aromatic carbocycles. The van der Waals surface area contributed by atoms with E-state index in [0.717, 1.165) is 50.0 Å². The first-order valence-corrected chi connectivity index (χ1v) is 14.5. The van der Waals surface area contributed by atoms with Crippen molar-refractivity contribution in [1.29, 1.82) is 0 Å². The number of rotatable bonds is 6. The Morgan fingerprint density at radius 3 is 2.38 bits per heavy atom. The fraction of sp³-hybridized carbons (Fsp3) is 0.621. The molecule has 200 valence electrons. The lowest BCUT2D eigenvalue weighted by Crippen LogP contribution is -2.41. The number of aromatic nitrogens is 2. The molecule has 0 amide bonds. The van der Waals surface area contributed by atoms with Gasteiger partial charge >= 0.3 is 0 Å². The summed E-state index contributed by atoms with van der Waals surface area (Å²) < 4.78 is 13.6. The summed E-state index contributed by atoms with van der Waals surface area (Å²) in [7, 11) is 0. The zero-order valence-corrected chi connectivity index (χ0v) is 23.1. The predicted octanol–water partition coefficient (Wildman–Crippen LogP) is 6.03. The van der Waals surface area contributed by atoms with Crippen LogP contribution in [0, 0.1) is 11.7 Å². The summed E-state index contributed by atoms with van der Waals surface area (Å²) in [6.07, 6.45) is 10.5. The van der Waals surface area contributed by atoms with Gasteiger partial charge < -0.3 is 20.4 Å². The minimum absolute atomic E-state index is 0.0268. The number of benzene rings is 1. The van der Waals surface area contributed by atoms with Crippen molar-refractivity contribution >= 4 is 34.9 Å². The maximum absolute atomic E-state index is 13.6. The normalized spacial score (nSPS) is 22.2. The van der Waals surface area contributed by atoms with E-state index in [0.29, 0.717) is 23.6 Å². The molecular formula is C29H41FN6S. The lowest BCUT2D eigenvalue weighted by molar-refractivity contribution is 0.434. The molecule has 6 nitrogen and oxygen atoms in total. The van der Waals surface area contributed by atoms with Crippen molar-refractivity contribution in [2.75, 3.05) is 41.3 Å². The number of halogens is 1. The van der Waals surface area contributed by atoms with Crippen molar-refractivity contribution in [2.24, 2.45) is 5.92 Å². The molecule has 37 heavy (non-hydrogen) atoms. The Balaban J connectivity index is 1.32. The fourth-order valence-corrected chi connectivity index (χ4v) is 6.44. The van der Waals surface area contributed by atoms with Crippen molar-refractivity contribution in [3.05, 3.63) is 41.7 Å². The second kappa shape index (κ2) is 11.5. The largest absolute Gasteiger partial charge is 0.361 e. The molecule has 2 saturated heterocycles. The van der Waals surface area contributed by atoms with E-state index in [1.165, 1.54) is 50.5 Å². The highest BCUT2D eigenvalue weighted by Gasteiger charge is 2.35. The van der Waals surface area contributed by atoms with Crippen LogP contribution in [0.15, 0.2) is 30.3 Å². The van der Waals surface area contributed by atoms with Gasteiger partial charge in [-0.2, -0.15) is 9.97 Å². The molecular weight excluding hydrogens is 483 g/mol. The van der Waals surface area contributed by atoms with E-state index in [2.05, 4.69) is 40.3 Å². The van der Waals surface area contributed by atoms with E-state index >= 15 is 0 Å². The number of thiocarbonyl (C=S) groups is 1. The van der Waals surface area contributed by atoms with Gasteiger partial charge in [0, 0.05) is 43.7 Å². The van der Waals surface area contributed by atoms with E-state index in [4.69, 9.17) is 22.2 Å². The van der Waals surface area contributed by atoms with Gasteiger partial charge in [-0.3, -0.25) is 0 Å². The number of hydrogen-bond acceptors (Lipinski definition) is 5. The van der Waals surface area contributed by atoms with Crippen LogP contribution in [0.1, 0.15) is 77.2 Å². The fourth-order valence-electron chi connectivity index (χ4n) is 6.28. The van der Waals surface area contributed by atoms with Crippen LogP contribution in [0.25, 0.3) is 0 Å². The van der Waals surface area contributed by atoms with Gasteiger partial charge in [-0.1, -0.05) is 31.9 Å². The van der Waals surface area contributed by atoms with Crippen molar-refractivity contribution in [3.63, 3.8) is 0 Å². The maximum atomic E-state index is 13.6. The third-order valence-electron chi connectivity index (χ3n) is 8.73. The molecule has 1 atom stereocenters. The molecule has 8 heteroatoms. The molecule has 5 rings (SSSR count). The van der Waals surface area contributed by atoms with E-state index in [-0.39, 0.29) is 11.2 Å². The van der Waals surface area contributed by atoms with Crippen molar-refractivity contribution in [1.82, 2.24) is 15.3 Å². The average molecular weight is 525 g/mol. The first-order chi connectivity index (χ1) is 17.9. The molecule has 0 bridgehead atoms. The number of hydrogen-bond donors (Lipinski definition) is 2. The topological polar surface area (TPSA) is 56.3 Å². The number of piperidine rings is 2. The molecule has 2 aromatic rings. The summed E-state index contributed by atoms with van der Waals surface area (Å²) in [5.74, 6) is 3.10. The zero-order chi connectivity index (χ0) is 25.8. The molecule has 3 fully saturated rings. The van der Waals surface area contributed by atoms with Crippen molar-refractivity contribution in [2.45, 2.75) is 83.1 Å². The molecule has 1 saturated carbocycles. The van der Waals surface area contributed by atoms with Crippen LogP contribution in [-0.4, -0.2) is 47.3 Å². The van der Waals surface area contributed by atoms with E-state index in [1.54, 1.807) is 12.1 Å². The Morgan fingerprint density at radius 2 is 1.68 bits per heavy atom. The Morgan fingerprint density at radius 1 is 0.973 bits per heavy atom. The third kappa shape index (κ3) is 6.16. The Bertz CT molecular complexity index is 1060. The van der Waals surface area contributed by atoms with Crippen LogP contribution < -0.4 is 20.4 Å². The van der Waals surface area contributed by atoms with E-state index in [9.17, 15) is 4.39 Å². The summed E-state index contributed by atoms with van der Waals surface area (Å²) in [4.78, 5) is 14.7. The Labute approximate surface area is 226 Å². The van der Waals surface area contributed by atoms with Crippen LogP contribution >= 0.6 is 12.2 Å². The van der Waals surface area contributed by atoms with Crippen LogP contribution in [-0.2, 0) is 5.41 Å². The van der Waals surface area contributed by atoms with Crippen LogP contribution in [0.2, 0.25) is 0 Å². The summed E-state index contributed by atoms with van der Waals surface area (Å²) in [5, 5.41) is 7.31. The lowest BCUT2D eigenvalue weighted by atomic mass is 9.79. The highest BCUT2D eigenvalue weighted by molar-refractivity contribution is 7.80. The molecule has 1 aromatic heterocycles. The molecule has 0 spiro atoms. The highest BCUT2D eigenvalue weighted by Crippen LogP contribution is 2.40. The van der Waals surface area contributed by atoms with Gasteiger partial charge in [0.15, 0.2) is 5.11 Å². The number of nitrogens with zero attached hydrogens (tertiary/aromatic N) is 4. The van der Waals surface area contributed by atoms with E-state index in [1.807, 2.05) is 12.1 Å². The summed E-state index contributed by atoms with van der Waals surface area (Å²) >= 11 is 5.74. The molecule has 2 aliphatic heterocycles. The van der Waals surface area contributed by atoms with Gasteiger partial charge in [-0.05, 0) is 87.7 Å². The molecule has 3 heterocycles. The van der Waals surface area contributed by atoms with Gasteiger partial charge in [0.05, 0.1) is 0 Å². The second-order valence-corrected chi connectivity index (χ2v) is 11.8.